The van der Waals surface area contributed by atoms with E-state index in [9.17, 15) is 0 Å². The van der Waals surface area contributed by atoms with Crippen molar-refractivity contribution in [3.05, 3.63) is 33.4 Å². The van der Waals surface area contributed by atoms with Crippen molar-refractivity contribution in [1.29, 1.82) is 0 Å². The predicted octanol–water partition coefficient (Wildman–Crippen LogP) is 3.59. The molecule has 0 fully saturated rings. The highest BCUT2D eigenvalue weighted by atomic mass is 35.5. The lowest BCUT2D eigenvalue weighted by molar-refractivity contribution is 1.08. The number of hydrogen-bond acceptors (Lipinski definition) is 2. The van der Waals surface area contributed by atoms with Crippen molar-refractivity contribution < 1.29 is 0 Å². The molecule has 2 aromatic rings. The van der Waals surface area contributed by atoms with Crippen LogP contribution in [0.25, 0.3) is 10.9 Å². The molecule has 66 valence electrons. The van der Waals surface area contributed by atoms with Gasteiger partial charge in [-0.2, -0.15) is 10.2 Å². The molecule has 2 rings (SSSR count). The third kappa shape index (κ3) is 1.46. The number of benzene rings is 1. The van der Waals surface area contributed by atoms with E-state index in [-0.39, 0.29) is 0 Å². The summed E-state index contributed by atoms with van der Waals surface area (Å²) in [5.41, 5.74) is 0.641. The summed E-state index contributed by atoms with van der Waals surface area (Å²) in [6.45, 7) is 0. The van der Waals surface area contributed by atoms with Gasteiger partial charge in [0.25, 0.3) is 0 Å². The third-order valence-electron chi connectivity index (χ3n) is 1.65. The molecule has 2 nitrogen and oxygen atoms in total. The third-order valence-corrected chi connectivity index (χ3v) is 2.74. The van der Waals surface area contributed by atoms with Crippen LogP contribution in [0.1, 0.15) is 0 Å². The molecule has 0 saturated carbocycles. The lowest BCUT2D eigenvalue weighted by Crippen LogP contribution is -1.85. The highest BCUT2D eigenvalue weighted by molar-refractivity contribution is 6.47. The van der Waals surface area contributed by atoms with E-state index in [1.807, 2.05) is 0 Å². The van der Waals surface area contributed by atoms with Crippen LogP contribution in [-0.2, 0) is 0 Å². The molecule has 1 aromatic heterocycles. The molecule has 5 heteroatoms. The summed E-state index contributed by atoms with van der Waals surface area (Å²) >= 11 is 17.7. The van der Waals surface area contributed by atoms with Crippen molar-refractivity contribution in [3.8, 4) is 0 Å². The largest absolute Gasteiger partial charge is 0.157 e. The first-order valence-electron chi connectivity index (χ1n) is 3.45. The van der Waals surface area contributed by atoms with Gasteiger partial charge >= 0.3 is 0 Å². The van der Waals surface area contributed by atoms with E-state index in [2.05, 4.69) is 10.2 Å². The topological polar surface area (TPSA) is 25.8 Å². The Balaban J connectivity index is 2.97. The Morgan fingerprint density at radius 3 is 2.54 bits per heavy atom. The fourth-order valence-corrected chi connectivity index (χ4v) is 1.76. The van der Waals surface area contributed by atoms with Crippen molar-refractivity contribution in [3.63, 3.8) is 0 Å². The van der Waals surface area contributed by atoms with Crippen LogP contribution in [0.2, 0.25) is 15.1 Å². The summed E-state index contributed by atoms with van der Waals surface area (Å²) in [7, 11) is 0. The molecule has 0 aliphatic carbocycles. The lowest BCUT2D eigenvalue weighted by atomic mass is 10.2. The number of halogens is 3. The van der Waals surface area contributed by atoms with Gasteiger partial charge in [0.15, 0.2) is 0 Å². The summed E-state index contributed by atoms with van der Waals surface area (Å²) in [5, 5.41) is 9.54. The molecule has 0 N–H and O–H groups in total. The Morgan fingerprint density at radius 1 is 1.00 bits per heavy atom. The van der Waals surface area contributed by atoms with E-state index in [4.69, 9.17) is 34.8 Å². The maximum atomic E-state index is 5.95. The predicted molar refractivity (Wildman–Crippen MR) is 54.6 cm³/mol. The Labute approximate surface area is 89.4 Å². The van der Waals surface area contributed by atoms with Crippen molar-refractivity contribution in [1.82, 2.24) is 10.2 Å². The molecule has 0 spiro atoms. The smallest absolute Gasteiger partial charge is 0.0960 e. The molecule has 1 aromatic carbocycles. The van der Waals surface area contributed by atoms with E-state index >= 15 is 0 Å². The van der Waals surface area contributed by atoms with Crippen molar-refractivity contribution in [2.45, 2.75) is 0 Å². The molecule has 0 aliphatic rings. The summed E-state index contributed by atoms with van der Waals surface area (Å²) in [6, 6.07) is 3.39. The molecule has 0 radical (unpaired) electrons. The van der Waals surface area contributed by atoms with E-state index in [1.165, 1.54) is 6.20 Å². The zero-order chi connectivity index (χ0) is 9.42. The quantitative estimate of drug-likeness (QED) is 0.695. The van der Waals surface area contributed by atoms with Gasteiger partial charge in [0.1, 0.15) is 0 Å². The van der Waals surface area contributed by atoms with E-state index in [1.54, 1.807) is 12.1 Å². The van der Waals surface area contributed by atoms with Gasteiger partial charge < -0.3 is 0 Å². The van der Waals surface area contributed by atoms with Gasteiger partial charge in [-0.05, 0) is 12.1 Å². The van der Waals surface area contributed by atoms with Crippen LogP contribution in [0.5, 0.6) is 0 Å². The molecular formula is C8H3Cl3N2. The molecule has 1 heterocycles. The van der Waals surface area contributed by atoms with Crippen LogP contribution < -0.4 is 0 Å². The standard InChI is InChI=1S/C8H3Cl3N2/c9-4-1-2-6-7(8(4)11)5(10)3-12-13-6/h1-3H. The second kappa shape index (κ2) is 3.29. The first-order chi connectivity index (χ1) is 6.20. The average Bonchev–Trinajstić information content (AvgIpc) is 2.12. The molecule has 0 unspecified atom stereocenters. The Morgan fingerprint density at radius 2 is 1.77 bits per heavy atom. The Kier molecular flexibility index (Phi) is 2.28. The van der Waals surface area contributed by atoms with Gasteiger partial charge in [-0.15, -0.1) is 0 Å². The number of rotatable bonds is 0. The fourth-order valence-electron chi connectivity index (χ4n) is 1.06. The minimum atomic E-state index is 0.416. The summed E-state index contributed by atoms with van der Waals surface area (Å²) in [6.07, 6.45) is 1.44. The molecule has 13 heavy (non-hydrogen) atoms. The Hall–Kier alpha value is -0.570. The summed E-state index contributed by atoms with van der Waals surface area (Å²) < 4.78 is 0. The zero-order valence-corrected chi connectivity index (χ0v) is 8.53. The zero-order valence-electron chi connectivity index (χ0n) is 6.26. The Bertz CT molecular complexity index is 470. The number of fused-ring (bicyclic) bond motifs is 1. The van der Waals surface area contributed by atoms with Crippen LogP contribution in [0, 0.1) is 0 Å². The van der Waals surface area contributed by atoms with Gasteiger partial charge in [0, 0.05) is 5.39 Å². The van der Waals surface area contributed by atoms with Gasteiger partial charge in [-0.3, -0.25) is 0 Å². The summed E-state index contributed by atoms with van der Waals surface area (Å²) in [5.74, 6) is 0. The van der Waals surface area contributed by atoms with Crippen LogP contribution in [0.3, 0.4) is 0 Å². The maximum Gasteiger partial charge on any atom is 0.0960 e. The molecule has 0 amide bonds. The second-order valence-corrected chi connectivity index (χ2v) is 3.64. The first kappa shape index (κ1) is 9.00. The lowest BCUT2D eigenvalue weighted by Gasteiger charge is -2.01. The second-order valence-electron chi connectivity index (χ2n) is 2.45. The maximum absolute atomic E-state index is 5.95. The normalized spacial score (nSPS) is 10.7. The van der Waals surface area contributed by atoms with Crippen LogP contribution >= 0.6 is 34.8 Å². The number of hydrogen-bond donors (Lipinski definition) is 0. The monoisotopic (exact) mass is 232 g/mol. The molecule has 0 saturated heterocycles. The van der Waals surface area contributed by atoms with E-state index in [0.29, 0.717) is 26.0 Å². The first-order valence-corrected chi connectivity index (χ1v) is 4.58. The highest BCUT2D eigenvalue weighted by Crippen LogP contribution is 2.33. The minimum absolute atomic E-state index is 0.416. The molecule has 0 bridgehead atoms. The van der Waals surface area contributed by atoms with Gasteiger partial charge in [0.05, 0.1) is 26.8 Å². The van der Waals surface area contributed by atoms with Crippen molar-refractivity contribution in [2.75, 3.05) is 0 Å². The van der Waals surface area contributed by atoms with Crippen LogP contribution in [-0.4, -0.2) is 10.2 Å². The van der Waals surface area contributed by atoms with Gasteiger partial charge in [0.2, 0.25) is 0 Å². The van der Waals surface area contributed by atoms with Crippen LogP contribution in [0.4, 0.5) is 0 Å². The summed E-state index contributed by atoms with van der Waals surface area (Å²) in [4.78, 5) is 0. The van der Waals surface area contributed by atoms with Crippen molar-refractivity contribution >= 4 is 45.7 Å². The van der Waals surface area contributed by atoms with Gasteiger partial charge in [-0.25, -0.2) is 0 Å². The average molecular weight is 233 g/mol. The SMILES string of the molecule is Clc1ccc2nncc(Cl)c2c1Cl. The number of aromatic nitrogens is 2. The number of nitrogens with zero attached hydrogens (tertiary/aromatic N) is 2. The van der Waals surface area contributed by atoms with E-state index in [0.717, 1.165) is 0 Å². The van der Waals surface area contributed by atoms with Gasteiger partial charge in [-0.1, -0.05) is 34.8 Å². The molecular weight excluding hydrogens is 230 g/mol. The molecule has 0 aliphatic heterocycles. The van der Waals surface area contributed by atoms with Crippen LogP contribution in [0.15, 0.2) is 18.3 Å². The highest BCUT2D eigenvalue weighted by Gasteiger charge is 2.08. The van der Waals surface area contributed by atoms with E-state index < -0.39 is 0 Å². The molecule has 0 atom stereocenters. The fraction of sp³-hybridized carbons (Fsp3) is 0. The minimum Gasteiger partial charge on any atom is -0.157 e. The van der Waals surface area contributed by atoms with Crippen molar-refractivity contribution in [2.24, 2.45) is 0 Å².